The summed E-state index contributed by atoms with van der Waals surface area (Å²) in [6, 6.07) is 26.0. The van der Waals surface area contributed by atoms with Crippen LogP contribution in [0.5, 0.6) is 11.5 Å². The molecule has 0 amide bonds. The number of benzene rings is 3. The lowest BCUT2D eigenvalue weighted by atomic mass is 9.91. The number of fused-ring (bicyclic) bond motifs is 4. The molecule has 1 aliphatic carbocycles. The first kappa shape index (κ1) is 27.2. The molecule has 2 aliphatic rings. The molecule has 1 saturated heterocycles. The van der Waals surface area contributed by atoms with Gasteiger partial charge in [-0.1, -0.05) is 60.7 Å². The average molecular weight is 579 g/mol. The largest absolute Gasteiger partial charge is 0.493 e. The molecule has 3 heterocycles. The smallest absolute Gasteiger partial charge is 0.193 e. The van der Waals surface area contributed by atoms with E-state index in [9.17, 15) is 14.7 Å². The third-order valence-electron chi connectivity index (χ3n) is 8.10. The maximum Gasteiger partial charge on any atom is 0.193 e. The van der Waals surface area contributed by atoms with Crippen LogP contribution >= 0.6 is 0 Å². The normalized spacial score (nSPS) is 20.3. The highest BCUT2D eigenvalue weighted by atomic mass is 16.6. The van der Waals surface area contributed by atoms with Gasteiger partial charge in [-0.05, 0) is 30.0 Å². The molecule has 8 nitrogen and oxygen atoms in total. The van der Waals surface area contributed by atoms with Crippen molar-refractivity contribution in [3.05, 3.63) is 139 Å². The van der Waals surface area contributed by atoms with Crippen molar-refractivity contribution in [1.82, 2.24) is 0 Å². The number of methoxy groups -OCH3 is 1. The molecule has 3 aromatic carbocycles. The van der Waals surface area contributed by atoms with Crippen LogP contribution in [-0.2, 0) is 30.4 Å². The Hall–Kier alpha value is -4.66. The van der Waals surface area contributed by atoms with E-state index in [2.05, 4.69) is 0 Å². The highest BCUT2D eigenvalue weighted by Crippen LogP contribution is 2.51. The van der Waals surface area contributed by atoms with Crippen molar-refractivity contribution in [2.75, 3.05) is 7.11 Å². The second-order valence-electron chi connectivity index (χ2n) is 11.0. The number of rotatable bonds is 9. The summed E-state index contributed by atoms with van der Waals surface area (Å²) in [6.45, 7) is 0. The highest BCUT2D eigenvalue weighted by molar-refractivity contribution is 5.81. The van der Waals surface area contributed by atoms with E-state index in [0.717, 1.165) is 17.5 Å². The first-order valence-electron chi connectivity index (χ1n) is 14.4. The van der Waals surface area contributed by atoms with Crippen LogP contribution in [0.15, 0.2) is 103 Å². The quantitative estimate of drug-likeness (QED) is 0.236. The molecular weight excluding hydrogens is 548 g/mol. The molecule has 1 fully saturated rings. The van der Waals surface area contributed by atoms with E-state index in [1.807, 2.05) is 60.7 Å². The van der Waals surface area contributed by atoms with Gasteiger partial charge in [-0.2, -0.15) is 0 Å². The van der Waals surface area contributed by atoms with Crippen LogP contribution in [-0.4, -0.2) is 24.4 Å². The Bertz CT molecular complexity index is 1890. The maximum atomic E-state index is 13.4. The van der Waals surface area contributed by atoms with Crippen molar-refractivity contribution in [1.29, 1.82) is 0 Å². The van der Waals surface area contributed by atoms with Crippen LogP contribution in [0.3, 0.4) is 0 Å². The molecule has 1 aliphatic heterocycles. The fourth-order valence-corrected chi connectivity index (χ4v) is 5.80. The molecule has 1 N–H and O–H groups in total. The van der Waals surface area contributed by atoms with Crippen molar-refractivity contribution in [3.8, 4) is 11.5 Å². The van der Waals surface area contributed by atoms with Crippen molar-refractivity contribution >= 4 is 11.0 Å². The van der Waals surface area contributed by atoms with Gasteiger partial charge in [0.05, 0.1) is 18.1 Å². The molecule has 0 saturated carbocycles. The molecule has 7 rings (SSSR count). The SMILES string of the molecule is COc1cc2oc(CCc3ccccc3)cc(=O)c2cc1O[C@@H]1c2c(oc(CCc3ccccc3)cc2=O)[C@@H]2O[C@@H]2[C@@H]1O. The van der Waals surface area contributed by atoms with Gasteiger partial charge in [0, 0.05) is 31.0 Å². The van der Waals surface area contributed by atoms with Crippen molar-refractivity contribution in [2.24, 2.45) is 0 Å². The predicted molar refractivity (Wildman–Crippen MR) is 159 cm³/mol. The van der Waals surface area contributed by atoms with E-state index in [4.69, 9.17) is 23.0 Å². The molecule has 8 heteroatoms. The van der Waals surface area contributed by atoms with E-state index in [0.29, 0.717) is 53.3 Å². The lowest BCUT2D eigenvalue weighted by Crippen LogP contribution is -2.36. The molecule has 0 radical (unpaired) electrons. The first-order chi connectivity index (χ1) is 21.0. The predicted octanol–water partition coefficient (Wildman–Crippen LogP) is 5.26. The molecule has 218 valence electrons. The van der Waals surface area contributed by atoms with Gasteiger partial charge in [0.1, 0.15) is 41.2 Å². The fraction of sp³-hybridized carbons (Fsp3) is 0.257. The molecular formula is C35H30O8. The van der Waals surface area contributed by atoms with Gasteiger partial charge in [0.25, 0.3) is 0 Å². The zero-order chi connectivity index (χ0) is 29.5. The Morgan fingerprint density at radius 3 is 2.02 bits per heavy atom. The Labute approximate surface area is 247 Å². The number of hydrogen-bond acceptors (Lipinski definition) is 8. The summed E-state index contributed by atoms with van der Waals surface area (Å²) >= 11 is 0. The standard InChI is InChI=1S/C35H30O8/c1-39-28-19-27-24(25(36)16-22(40-27)14-12-20-8-4-2-5-9-20)18-29(28)42-32-30-26(37)17-23(15-13-21-10-6-3-7-11-21)41-33(30)35-34(43-35)31(32)38/h2-11,16-19,31-32,34-35,38H,12-15H2,1H3/t31-,32-,34-,35+/m1/s1. The van der Waals surface area contributed by atoms with E-state index in [1.165, 1.54) is 25.3 Å². The molecule has 2 aromatic heterocycles. The minimum Gasteiger partial charge on any atom is -0.493 e. The average Bonchev–Trinajstić information content (AvgIpc) is 3.84. The Kier molecular flexibility index (Phi) is 7.08. The third kappa shape index (κ3) is 5.35. The minimum absolute atomic E-state index is 0.195. The zero-order valence-electron chi connectivity index (χ0n) is 23.5. The zero-order valence-corrected chi connectivity index (χ0v) is 23.5. The summed E-state index contributed by atoms with van der Waals surface area (Å²) in [5.41, 5.74) is 2.32. The monoisotopic (exact) mass is 578 g/mol. The van der Waals surface area contributed by atoms with Crippen molar-refractivity contribution < 1.29 is 28.2 Å². The highest BCUT2D eigenvalue weighted by Gasteiger charge is 2.58. The summed E-state index contributed by atoms with van der Waals surface area (Å²) in [6.07, 6.45) is -0.720. The van der Waals surface area contributed by atoms with Crippen molar-refractivity contribution in [2.45, 2.75) is 50.1 Å². The Morgan fingerprint density at radius 1 is 0.744 bits per heavy atom. The van der Waals surface area contributed by atoms with Crippen molar-refractivity contribution in [3.63, 3.8) is 0 Å². The Balaban J connectivity index is 1.18. The molecule has 4 atom stereocenters. The van der Waals surface area contributed by atoms with E-state index >= 15 is 0 Å². The fourth-order valence-electron chi connectivity index (χ4n) is 5.80. The maximum absolute atomic E-state index is 13.4. The molecule has 43 heavy (non-hydrogen) atoms. The molecule has 5 aromatic rings. The van der Waals surface area contributed by atoms with Gasteiger partial charge < -0.3 is 28.2 Å². The second-order valence-corrected chi connectivity index (χ2v) is 11.0. The lowest BCUT2D eigenvalue weighted by molar-refractivity contribution is 0.0118. The summed E-state index contributed by atoms with van der Waals surface area (Å²) in [4.78, 5) is 26.6. The molecule has 0 bridgehead atoms. The van der Waals surface area contributed by atoms with E-state index < -0.39 is 24.4 Å². The summed E-state index contributed by atoms with van der Waals surface area (Å²) in [5, 5.41) is 11.4. The van der Waals surface area contributed by atoms with Gasteiger partial charge in [-0.3, -0.25) is 9.59 Å². The molecule has 0 unspecified atom stereocenters. The number of aliphatic hydroxyl groups excluding tert-OH is 1. The topological polar surface area (TPSA) is 112 Å². The summed E-state index contributed by atoms with van der Waals surface area (Å²) in [7, 11) is 1.48. The van der Waals surface area contributed by atoms with Crippen LogP contribution in [0.2, 0.25) is 0 Å². The van der Waals surface area contributed by atoms with Gasteiger partial charge in [-0.15, -0.1) is 0 Å². The number of hydrogen-bond donors (Lipinski definition) is 1. The number of ether oxygens (including phenoxy) is 3. The van der Waals surface area contributed by atoms with E-state index in [1.54, 1.807) is 6.07 Å². The van der Waals surface area contributed by atoms with Crippen LogP contribution in [0, 0.1) is 0 Å². The minimum atomic E-state index is -1.12. The number of epoxide rings is 1. The van der Waals surface area contributed by atoms with Crippen LogP contribution in [0.25, 0.3) is 11.0 Å². The first-order valence-corrected chi connectivity index (χ1v) is 14.4. The third-order valence-corrected chi connectivity index (χ3v) is 8.10. The number of aliphatic hydroxyl groups is 1. The van der Waals surface area contributed by atoms with E-state index in [-0.39, 0.29) is 22.2 Å². The summed E-state index contributed by atoms with van der Waals surface area (Å²) < 4.78 is 29.8. The lowest BCUT2D eigenvalue weighted by Gasteiger charge is -2.27. The summed E-state index contributed by atoms with van der Waals surface area (Å²) in [5.74, 6) is 1.97. The van der Waals surface area contributed by atoms with Crippen LogP contribution < -0.4 is 20.3 Å². The van der Waals surface area contributed by atoms with Gasteiger partial charge in [0.15, 0.2) is 28.5 Å². The van der Waals surface area contributed by atoms with Gasteiger partial charge in [-0.25, -0.2) is 0 Å². The van der Waals surface area contributed by atoms with Gasteiger partial charge in [0.2, 0.25) is 0 Å². The number of aryl methyl sites for hydroxylation is 4. The Morgan fingerprint density at radius 2 is 1.37 bits per heavy atom. The van der Waals surface area contributed by atoms with Crippen LogP contribution in [0.4, 0.5) is 0 Å². The molecule has 0 spiro atoms. The van der Waals surface area contributed by atoms with Gasteiger partial charge >= 0.3 is 0 Å². The van der Waals surface area contributed by atoms with Crippen LogP contribution in [0.1, 0.15) is 46.2 Å². The second kappa shape index (κ2) is 11.2.